The summed E-state index contributed by atoms with van der Waals surface area (Å²) in [6, 6.07) is 5.17. The van der Waals surface area contributed by atoms with Gasteiger partial charge < -0.3 is 0 Å². The summed E-state index contributed by atoms with van der Waals surface area (Å²) in [6.45, 7) is 11.4. The predicted octanol–water partition coefficient (Wildman–Crippen LogP) is 3.52. The Kier molecular flexibility index (Phi) is 4.03. The highest BCUT2D eigenvalue weighted by molar-refractivity contribution is 7.85. The number of hydrogen-bond donors (Lipinski definition) is 1. The van der Waals surface area contributed by atoms with Gasteiger partial charge in [0, 0.05) is 5.41 Å². The van der Waals surface area contributed by atoms with Crippen molar-refractivity contribution < 1.29 is 13.0 Å². The molecule has 0 heterocycles. The molecule has 0 saturated carbocycles. The Hall–Kier alpha value is -1.13. The summed E-state index contributed by atoms with van der Waals surface area (Å²) < 4.78 is 32.2. The van der Waals surface area contributed by atoms with Gasteiger partial charge >= 0.3 is 0 Å². The van der Waals surface area contributed by atoms with E-state index in [0.717, 1.165) is 5.56 Å². The van der Waals surface area contributed by atoms with Gasteiger partial charge in [-0.15, -0.1) is 6.58 Å². The molecule has 18 heavy (non-hydrogen) atoms. The zero-order valence-electron chi connectivity index (χ0n) is 11.3. The van der Waals surface area contributed by atoms with E-state index in [4.69, 9.17) is 0 Å². The fraction of sp³-hybridized carbons (Fsp3) is 0.429. The van der Waals surface area contributed by atoms with Gasteiger partial charge in [0.2, 0.25) is 0 Å². The summed E-state index contributed by atoms with van der Waals surface area (Å²) in [5, 5.41) is 0. The lowest BCUT2D eigenvalue weighted by Gasteiger charge is -2.22. The highest BCUT2D eigenvalue weighted by Crippen LogP contribution is 2.31. The van der Waals surface area contributed by atoms with Gasteiger partial charge in [-0.3, -0.25) is 4.55 Å². The first-order valence-electron chi connectivity index (χ1n) is 5.85. The molecule has 100 valence electrons. The minimum Gasteiger partial charge on any atom is -0.282 e. The maximum Gasteiger partial charge on any atom is 0.294 e. The van der Waals surface area contributed by atoms with Crippen molar-refractivity contribution in [2.24, 2.45) is 0 Å². The lowest BCUT2D eigenvalue weighted by molar-refractivity contribution is 0.481. The summed E-state index contributed by atoms with van der Waals surface area (Å²) in [5.41, 5.74) is 1.10. The third-order valence-corrected chi connectivity index (χ3v) is 4.08. The van der Waals surface area contributed by atoms with Crippen molar-refractivity contribution in [3.05, 3.63) is 42.0 Å². The molecule has 0 unspecified atom stereocenters. The molecule has 4 heteroatoms. The SMILES string of the molecule is C=CC(C)(C)c1ccc(C(C)C)c(S(=O)(=O)O)c1. The van der Waals surface area contributed by atoms with Crippen LogP contribution in [0.15, 0.2) is 35.7 Å². The minimum absolute atomic E-state index is 0.00933. The molecule has 3 nitrogen and oxygen atoms in total. The second kappa shape index (κ2) is 4.86. The molecule has 0 bridgehead atoms. The van der Waals surface area contributed by atoms with Crippen LogP contribution in [0.5, 0.6) is 0 Å². The molecule has 0 fully saturated rings. The Morgan fingerprint density at radius 2 is 1.89 bits per heavy atom. The van der Waals surface area contributed by atoms with Crippen LogP contribution in [0.4, 0.5) is 0 Å². The van der Waals surface area contributed by atoms with Crippen molar-refractivity contribution in [3.63, 3.8) is 0 Å². The summed E-state index contributed by atoms with van der Waals surface area (Å²) in [6.07, 6.45) is 1.76. The number of benzene rings is 1. The average molecular weight is 268 g/mol. The number of hydrogen-bond acceptors (Lipinski definition) is 2. The van der Waals surface area contributed by atoms with E-state index in [1.807, 2.05) is 33.8 Å². The Labute approximate surface area is 109 Å². The van der Waals surface area contributed by atoms with Crippen LogP contribution in [0.25, 0.3) is 0 Å². The fourth-order valence-electron chi connectivity index (χ4n) is 1.75. The Bertz CT molecular complexity index is 554. The quantitative estimate of drug-likeness (QED) is 0.671. The molecule has 1 N–H and O–H groups in total. The molecule has 0 radical (unpaired) electrons. The first-order valence-corrected chi connectivity index (χ1v) is 7.29. The Morgan fingerprint density at radius 3 is 2.28 bits per heavy atom. The zero-order chi connectivity index (χ0) is 14.1. The van der Waals surface area contributed by atoms with E-state index in [0.29, 0.717) is 5.56 Å². The van der Waals surface area contributed by atoms with E-state index < -0.39 is 10.1 Å². The van der Waals surface area contributed by atoms with Crippen molar-refractivity contribution in [1.82, 2.24) is 0 Å². The lowest BCUT2D eigenvalue weighted by atomic mass is 9.84. The summed E-state index contributed by atoms with van der Waals surface area (Å²) in [7, 11) is -4.20. The van der Waals surface area contributed by atoms with E-state index in [2.05, 4.69) is 6.58 Å². The van der Waals surface area contributed by atoms with Crippen molar-refractivity contribution in [2.75, 3.05) is 0 Å². The number of rotatable bonds is 4. The zero-order valence-corrected chi connectivity index (χ0v) is 12.1. The van der Waals surface area contributed by atoms with E-state index in [9.17, 15) is 13.0 Å². The third-order valence-electron chi connectivity index (χ3n) is 3.17. The van der Waals surface area contributed by atoms with Gasteiger partial charge in [0.05, 0.1) is 4.90 Å². The lowest BCUT2D eigenvalue weighted by Crippen LogP contribution is -2.15. The minimum atomic E-state index is -4.20. The Balaban J connectivity index is 3.55. The van der Waals surface area contributed by atoms with Crippen LogP contribution >= 0.6 is 0 Å². The molecular formula is C14H20O3S. The molecule has 0 aromatic heterocycles. The second-order valence-corrected chi connectivity index (χ2v) is 6.70. The van der Waals surface area contributed by atoms with Gasteiger partial charge in [-0.2, -0.15) is 8.42 Å². The number of allylic oxidation sites excluding steroid dienone is 1. The molecule has 0 aliphatic rings. The average Bonchev–Trinajstić information content (AvgIpc) is 2.27. The topological polar surface area (TPSA) is 54.4 Å². The summed E-state index contributed by atoms with van der Waals surface area (Å²) in [4.78, 5) is -0.00933. The molecule has 0 saturated heterocycles. The van der Waals surface area contributed by atoms with Crippen LogP contribution in [-0.2, 0) is 15.5 Å². The largest absolute Gasteiger partial charge is 0.294 e. The van der Waals surface area contributed by atoms with Crippen LogP contribution < -0.4 is 0 Å². The van der Waals surface area contributed by atoms with E-state index in [1.165, 1.54) is 6.07 Å². The first kappa shape index (κ1) is 14.9. The van der Waals surface area contributed by atoms with Crippen LogP contribution in [0.1, 0.15) is 44.7 Å². The van der Waals surface area contributed by atoms with Crippen LogP contribution in [-0.4, -0.2) is 13.0 Å². The van der Waals surface area contributed by atoms with Gasteiger partial charge in [-0.1, -0.05) is 45.9 Å². The first-order chi connectivity index (χ1) is 8.09. The van der Waals surface area contributed by atoms with Crippen molar-refractivity contribution in [2.45, 2.75) is 43.9 Å². The van der Waals surface area contributed by atoms with Gasteiger partial charge in [-0.25, -0.2) is 0 Å². The standard InChI is InChI=1S/C14H20O3S/c1-6-14(4,5)11-7-8-12(10(2)3)13(9-11)18(15,16)17/h6-10H,1H2,2-5H3,(H,15,16,17). The van der Waals surface area contributed by atoms with Crippen LogP contribution in [0, 0.1) is 0 Å². The molecule has 0 aliphatic heterocycles. The van der Waals surface area contributed by atoms with Crippen LogP contribution in [0.3, 0.4) is 0 Å². The van der Waals surface area contributed by atoms with E-state index in [-0.39, 0.29) is 16.2 Å². The fourth-order valence-corrected chi connectivity index (χ4v) is 2.63. The van der Waals surface area contributed by atoms with Gasteiger partial charge in [0.25, 0.3) is 10.1 Å². The van der Waals surface area contributed by atoms with Crippen molar-refractivity contribution in [3.8, 4) is 0 Å². The molecule has 0 spiro atoms. The maximum absolute atomic E-state index is 11.5. The van der Waals surface area contributed by atoms with Crippen LogP contribution in [0.2, 0.25) is 0 Å². The molecule has 1 aromatic rings. The van der Waals surface area contributed by atoms with Gasteiger partial charge in [0.15, 0.2) is 0 Å². The monoisotopic (exact) mass is 268 g/mol. The van der Waals surface area contributed by atoms with E-state index in [1.54, 1.807) is 12.1 Å². The molecule has 0 atom stereocenters. The smallest absolute Gasteiger partial charge is 0.282 e. The van der Waals surface area contributed by atoms with E-state index >= 15 is 0 Å². The summed E-state index contributed by atoms with van der Waals surface area (Å²) >= 11 is 0. The summed E-state index contributed by atoms with van der Waals surface area (Å²) in [5.74, 6) is 0.0304. The normalized spacial score (nSPS) is 12.8. The third kappa shape index (κ3) is 3.00. The second-order valence-electron chi connectivity index (χ2n) is 5.31. The Morgan fingerprint density at radius 1 is 1.33 bits per heavy atom. The highest BCUT2D eigenvalue weighted by atomic mass is 32.2. The predicted molar refractivity (Wildman–Crippen MR) is 73.6 cm³/mol. The molecule has 0 aliphatic carbocycles. The van der Waals surface area contributed by atoms with Crippen molar-refractivity contribution in [1.29, 1.82) is 0 Å². The molecule has 1 rings (SSSR count). The molecule has 0 amide bonds. The highest BCUT2D eigenvalue weighted by Gasteiger charge is 2.23. The molecule has 1 aromatic carbocycles. The molecular weight excluding hydrogens is 248 g/mol. The van der Waals surface area contributed by atoms with Gasteiger partial charge in [-0.05, 0) is 23.1 Å². The van der Waals surface area contributed by atoms with Gasteiger partial charge in [0.1, 0.15) is 0 Å². The maximum atomic E-state index is 11.5. The van der Waals surface area contributed by atoms with Crippen molar-refractivity contribution >= 4 is 10.1 Å².